The Balaban J connectivity index is 1.69. The Kier molecular flexibility index (Phi) is 5.95. The number of Topliss-reactive ketones (excluding diaryl/α,β-unsaturated/α-hetero) is 1. The Morgan fingerprint density at radius 1 is 0.974 bits per heavy atom. The largest absolute Gasteiger partial charge is 0.324 e. The molecule has 0 N–H and O–H groups in total. The molecule has 4 nitrogen and oxygen atoms in total. The second kappa shape index (κ2) is 8.06. The van der Waals surface area contributed by atoms with E-state index in [9.17, 15) is 14.2 Å². The Morgan fingerprint density at radius 2 is 1.61 bits per heavy atom. The highest BCUT2D eigenvalue weighted by Crippen LogP contribution is 2.75. The third-order valence-electron chi connectivity index (χ3n) is 12.7. The number of rotatable bonds is 2. The maximum atomic E-state index is 14.5. The molecule has 38 heavy (non-hydrogen) atoms. The van der Waals surface area contributed by atoms with Crippen LogP contribution in [-0.2, 0) is 14.2 Å². The number of fused-ring (bicyclic) bond motifs is 7. The number of carbonyl (C=O) groups is 2. The Hall–Kier alpha value is -1.46. The van der Waals surface area contributed by atoms with E-state index in [-0.39, 0.29) is 56.7 Å². The Morgan fingerprint density at radius 3 is 2.21 bits per heavy atom. The average molecular weight is 538 g/mol. The lowest BCUT2D eigenvalue weighted by atomic mass is 9.34. The van der Waals surface area contributed by atoms with Crippen LogP contribution in [0.2, 0.25) is 0 Å². The van der Waals surface area contributed by atoms with Gasteiger partial charge >= 0.3 is 0 Å². The normalized spacial score (nSPS) is 45.4. The van der Waals surface area contributed by atoms with Crippen molar-refractivity contribution in [2.24, 2.45) is 50.2 Å². The molecular weight excluding hydrogens is 489 g/mol. The molecule has 5 aliphatic rings. The summed E-state index contributed by atoms with van der Waals surface area (Å²) >= 11 is 0. The number of nitrogens with zero attached hydrogens (tertiary/aromatic N) is 1. The second-order valence-corrected chi connectivity index (χ2v) is 19.8. The smallest absolute Gasteiger partial charge is 0.226 e. The molecule has 0 spiro atoms. The number of hydrogen-bond donors (Lipinski definition) is 0. The molecule has 0 saturated heterocycles. The molecule has 0 amide bonds. The van der Waals surface area contributed by atoms with E-state index in [1.54, 1.807) is 0 Å². The van der Waals surface area contributed by atoms with E-state index in [2.05, 4.69) is 39.5 Å². The minimum atomic E-state index is -2.27. The van der Waals surface area contributed by atoms with Crippen LogP contribution in [0.1, 0.15) is 93.4 Å². The van der Waals surface area contributed by atoms with E-state index in [0.717, 1.165) is 56.7 Å². The number of allylic oxidation sites excluding steroid dienone is 4. The fourth-order valence-corrected chi connectivity index (χ4v) is 12.8. The van der Waals surface area contributed by atoms with Gasteiger partial charge in [-0.1, -0.05) is 60.1 Å². The zero-order valence-corrected chi connectivity index (χ0v) is 26.1. The summed E-state index contributed by atoms with van der Waals surface area (Å²) in [5, 5.41) is 0. The topological polar surface area (TPSA) is 55.6 Å². The first kappa shape index (κ1) is 28.1. The van der Waals surface area contributed by atoms with E-state index in [0.29, 0.717) is 0 Å². The SMILES string of the molecule is [C-]#[N+]C1=C[C@]2(C)C3=CC(=O)[C@@H]4[C@@H]5CC(C)(C)CC[C@]5(CP(C)(C)=O)CC[C@@]4(C)[C@]3(C)CC[C@H]2C(C)(C)C1=O. The summed E-state index contributed by atoms with van der Waals surface area (Å²) in [4.78, 5) is 31.4. The van der Waals surface area contributed by atoms with Crippen LogP contribution in [0.4, 0.5) is 0 Å². The first-order chi connectivity index (χ1) is 17.3. The van der Waals surface area contributed by atoms with E-state index < -0.39 is 18.0 Å². The van der Waals surface area contributed by atoms with Gasteiger partial charge in [0.15, 0.2) is 11.6 Å². The van der Waals surface area contributed by atoms with Gasteiger partial charge in [0, 0.05) is 22.9 Å². The molecule has 3 fully saturated rings. The van der Waals surface area contributed by atoms with Gasteiger partial charge in [-0.05, 0) is 97.8 Å². The zero-order chi connectivity index (χ0) is 28.3. The summed E-state index contributed by atoms with van der Waals surface area (Å²) in [6.45, 7) is 27.3. The van der Waals surface area contributed by atoms with Gasteiger partial charge in [-0.25, -0.2) is 4.85 Å². The highest BCUT2D eigenvalue weighted by atomic mass is 31.2. The second-order valence-electron chi connectivity index (χ2n) is 16.3. The van der Waals surface area contributed by atoms with Crippen molar-refractivity contribution in [2.45, 2.75) is 93.4 Å². The predicted octanol–water partition coefficient (Wildman–Crippen LogP) is 8.18. The standard InChI is InChI=1S/C33H48NO3P/c1-28(2)13-15-33(20-38(9,10)37)16-14-32(7)26(21(33)18-28)23(35)17-25-30(5)19-22(34-8)27(36)29(3,4)24(30)11-12-31(25,32)6/h17,19,21,24,26H,11-16,18,20H2,1-7,9-10H3/t21-,24-,26-,30-,31+,32+,33+/m0/s1. The zero-order valence-electron chi connectivity index (χ0n) is 25.2. The quantitative estimate of drug-likeness (QED) is 0.264. The minimum Gasteiger partial charge on any atom is -0.324 e. The third-order valence-corrected chi connectivity index (χ3v) is 14.1. The van der Waals surface area contributed by atoms with Gasteiger partial charge in [-0.2, -0.15) is 0 Å². The van der Waals surface area contributed by atoms with Crippen LogP contribution >= 0.6 is 7.14 Å². The molecule has 5 aliphatic carbocycles. The van der Waals surface area contributed by atoms with Gasteiger partial charge in [0.1, 0.15) is 0 Å². The van der Waals surface area contributed by atoms with E-state index in [4.69, 9.17) is 6.57 Å². The van der Waals surface area contributed by atoms with Crippen LogP contribution < -0.4 is 0 Å². The molecule has 0 aromatic heterocycles. The van der Waals surface area contributed by atoms with E-state index in [1.165, 1.54) is 0 Å². The molecular formula is C33H48NO3P. The Bertz CT molecular complexity index is 1260. The van der Waals surface area contributed by atoms with E-state index >= 15 is 0 Å². The molecule has 0 aliphatic heterocycles. The molecule has 5 rings (SSSR count). The van der Waals surface area contributed by atoms with Gasteiger partial charge in [0.25, 0.3) is 0 Å². The fraction of sp³-hybridized carbons (Fsp3) is 0.788. The predicted molar refractivity (Wildman–Crippen MR) is 154 cm³/mol. The van der Waals surface area contributed by atoms with Crippen molar-refractivity contribution < 1.29 is 14.2 Å². The van der Waals surface area contributed by atoms with Gasteiger partial charge in [0.2, 0.25) is 5.70 Å². The molecule has 208 valence electrons. The van der Waals surface area contributed by atoms with E-state index in [1.807, 2.05) is 39.3 Å². The molecule has 0 radical (unpaired) electrons. The van der Waals surface area contributed by atoms with Crippen LogP contribution in [0.15, 0.2) is 23.4 Å². The maximum Gasteiger partial charge on any atom is 0.226 e. The molecule has 5 heteroatoms. The monoisotopic (exact) mass is 537 g/mol. The van der Waals surface area contributed by atoms with Crippen molar-refractivity contribution in [1.29, 1.82) is 0 Å². The van der Waals surface area contributed by atoms with Crippen LogP contribution in [0.5, 0.6) is 0 Å². The molecule has 0 heterocycles. The number of hydrogen-bond acceptors (Lipinski definition) is 3. The van der Waals surface area contributed by atoms with Crippen molar-refractivity contribution in [3.63, 3.8) is 0 Å². The number of carbonyl (C=O) groups excluding carboxylic acids is 2. The highest BCUT2D eigenvalue weighted by molar-refractivity contribution is 7.62. The summed E-state index contributed by atoms with van der Waals surface area (Å²) in [6.07, 6.45) is 11.8. The van der Waals surface area contributed by atoms with Gasteiger partial charge in [0.05, 0.1) is 13.7 Å². The lowest BCUT2D eigenvalue weighted by molar-refractivity contribution is -0.167. The summed E-state index contributed by atoms with van der Waals surface area (Å²) in [6, 6.07) is 0. The first-order valence-corrected chi connectivity index (χ1v) is 17.5. The summed E-state index contributed by atoms with van der Waals surface area (Å²) in [7, 11) is -2.27. The lowest BCUT2D eigenvalue weighted by Crippen LogP contribution is -2.65. The van der Waals surface area contributed by atoms with Crippen molar-refractivity contribution >= 4 is 18.7 Å². The molecule has 0 aromatic rings. The molecule has 7 atom stereocenters. The third kappa shape index (κ3) is 3.62. The maximum absolute atomic E-state index is 14.5. The van der Waals surface area contributed by atoms with Crippen LogP contribution in [0.25, 0.3) is 4.85 Å². The lowest BCUT2D eigenvalue weighted by Gasteiger charge is -2.69. The number of ketones is 2. The first-order valence-electron chi connectivity index (χ1n) is 14.7. The average Bonchev–Trinajstić information content (AvgIpc) is 2.78. The van der Waals surface area contributed by atoms with Gasteiger partial charge in [-0.15, -0.1) is 0 Å². The molecule has 0 bridgehead atoms. The van der Waals surface area contributed by atoms with Crippen molar-refractivity contribution in [3.8, 4) is 0 Å². The fourth-order valence-electron chi connectivity index (χ4n) is 10.7. The Labute approximate surface area is 230 Å². The van der Waals surface area contributed by atoms with Crippen molar-refractivity contribution in [1.82, 2.24) is 0 Å². The van der Waals surface area contributed by atoms with Crippen molar-refractivity contribution in [3.05, 3.63) is 34.8 Å². The molecule has 3 saturated carbocycles. The van der Waals surface area contributed by atoms with Crippen LogP contribution in [0, 0.1) is 56.8 Å². The van der Waals surface area contributed by atoms with Crippen molar-refractivity contribution in [2.75, 3.05) is 19.5 Å². The summed E-state index contributed by atoms with van der Waals surface area (Å²) in [5.74, 6) is 0.426. The van der Waals surface area contributed by atoms with Crippen LogP contribution in [-0.4, -0.2) is 31.1 Å². The van der Waals surface area contributed by atoms with Crippen LogP contribution in [0.3, 0.4) is 0 Å². The minimum absolute atomic E-state index is 0.0202. The molecule has 0 unspecified atom stereocenters. The van der Waals surface area contributed by atoms with Gasteiger partial charge < -0.3 is 9.36 Å². The highest BCUT2D eigenvalue weighted by Gasteiger charge is 2.69. The summed E-state index contributed by atoms with van der Waals surface area (Å²) < 4.78 is 13.3. The van der Waals surface area contributed by atoms with Gasteiger partial charge in [-0.3, -0.25) is 4.79 Å². The molecule has 0 aromatic carbocycles. The summed E-state index contributed by atoms with van der Waals surface area (Å²) in [5.41, 5.74) is 0.0332.